The van der Waals surface area contributed by atoms with Crippen LogP contribution in [0.15, 0.2) is 29.3 Å². The van der Waals surface area contributed by atoms with Crippen LogP contribution in [-0.4, -0.2) is 58.6 Å². The van der Waals surface area contributed by atoms with Gasteiger partial charge in [-0.25, -0.2) is 0 Å². The quantitative estimate of drug-likeness (QED) is 0.307. The van der Waals surface area contributed by atoms with E-state index in [0.717, 1.165) is 58.4 Å². The number of guanidine groups is 1. The second-order valence-corrected chi connectivity index (χ2v) is 7.14. The molecule has 0 bridgehead atoms. The molecule has 2 N–H and O–H groups in total. The minimum Gasteiger partial charge on any atom is -0.378 e. The molecule has 1 aliphatic rings. The molecule has 0 aliphatic carbocycles. The molecule has 1 aromatic rings. The van der Waals surface area contributed by atoms with Crippen molar-refractivity contribution < 1.29 is 9.47 Å². The minimum absolute atomic E-state index is 0. The normalized spacial score (nSPS) is 15.9. The SMILES string of the molecule is CCOC(CCNC(=NC)NCc1ccc(N2CCOCC2)cc1)C(C)C.I. The fourth-order valence-electron chi connectivity index (χ4n) is 3.21. The third-order valence-electron chi connectivity index (χ3n) is 4.84. The number of nitrogens with zero attached hydrogens (tertiary/aromatic N) is 2. The molecule has 1 heterocycles. The number of hydrogen-bond acceptors (Lipinski definition) is 4. The Hall–Kier alpha value is -1.06. The van der Waals surface area contributed by atoms with Crippen LogP contribution in [0.25, 0.3) is 0 Å². The fourth-order valence-corrected chi connectivity index (χ4v) is 3.21. The summed E-state index contributed by atoms with van der Waals surface area (Å²) < 4.78 is 11.2. The monoisotopic (exact) mass is 504 g/mol. The fraction of sp³-hybridized carbons (Fsp3) is 0.667. The van der Waals surface area contributed by atoms with E-state index in [1.165, 1.54) is 11.3 Å². The molecule has 1 atom stereocenters. The standard InChI is InChI=1S/C21H36N4O2.HI/c1-5-27-20(17(2)3)10-11-23-21(22-4)24-16-18-6-8-19(9-7-18)25-12-14-26-15-13-25;/h6-9,17,20H,5,10-16H2,1-4H3,(H2,22,23,24);1H. The Morgan fingerprint density at radius 2 is 1.86 bits per heavy atom. The average molecular weight is 504 g/mol. The number of nitrogens with one attached hydrogen (secondary N) is 2. The predicted molar refractivity (Wildman–Crippen MR) is 128 cm³/mol. The predicted octanol–water partition coefficient (Wildman–Crippen LogP) is 3.26. The summed E-state index contributed by atoms with van der Waals surface area (Å²) in [4.78, 5) is 6.68. The van der Waals surface area contributed by atoms with Crippen molar-refractivity contribution in [3.63, 3.8) is 0 Å². The lowest BCUT2D eigenvalue weighted by Gasteiger charge is -2.29. The molecule has 6 nitrogen and oxygen atoms in total. The van der Waals surface area contributed by atoms with Crippen molar-refractivity contribution in [3.8, 4) is 0 Å². The maximum Gasteiger partial charge on any atom is 0.191 e. The maximum atomic E-state index is 5.80. The van der Waals surface area contributed by atoms with Crippen LogP contribution in [-0.2, 0) is 16.0 Å². The van der Waals surface area contributed by atoms with Crippen LogP contribution < -0.4 is 15.5 Å². The molecule has 1 aliphatic heterocycles. The van der Waals surface area contributed by atoms with Gasteiger partial charge in [0, 0.05) is 45.5 Å². The third-order valence-corrected chi connectivity index (χ3v) is 4.84. The zero-order valence-electron chi connectivity index (χ0n) is 17.7. The summed E-state index contributed by atoms with van der Waals surface area (Å²) in [5.74, 6) is 1.35. The van der Waals surface area contributed by atoms with Crippen LogP contribution in [0.3, 0.4) is 0 Å². The molecule has 0 radical (unpaired) electrons. The van der Waals surface area contributed by atoms with Crippen LogP contribution in [0.1, 0.15) is 32.8 Å². The van der Waals surface area contributed by atoms with Gasteiger partial charge in [0.25, 0.3) is 0 Å². The lowest BCUT2D eigenvalue weighted by Crippen LogP contribution is -2.39. The number of ether oxygens (including phenoxy) is 2. The minimum atomic E-state index is 0. The summed E-state index contributed by atoms with van der Waals surface area (Å²) >= 11 is 0. The van der Waals surface area contributed by atoms with Crippen molar-refractivity contribution in [2.24, 2.45) is 10.9 Å². The summed E-state index contributed by atoms with van der Waals surface area (Å²) in [7, 11) is 1.80. The van der Waals surface area contributed by atoms with Gasteiger partial charge in [-0.15, -0.1) is 24.0 Å². The molecule has 0 saturated carbocycles. The first-order valence-electron chi connectivity index (χ1n) is 10.1. The molecule has 0 spiro atoms. The Morgan fingerprint density at radius 3 is 2.43 bits per heavy atom. The Bertz CT molecular complexity index is 560. The number of aliphatic imine (C=N–C) groups is 1. The van der Waals surface area contributed by atoms with E-state index in [-0.39, 0.29) is 30.1 Å². The van der Waals surface area contributed by atoms with E-state index in [1.54, 1.807) is 7.05 Å². The van der Waals surface area contributed by atoms with Gasteiger partial charge < -0.3 is 25.0 Å². The average Bonchev–Trinajstić information content (AvgIpc) is 2.70. The van der Waals surface area contributed by atoms with E-state index < -0.39 is 0 Å². The van der Waals surface area contributed by atoms with E-state index in [1.807, 2.05) is 6.92 Å². The molecule has 28 heavy (non-hydrogen) atoms. The Morgan fingerprint density at radius 1 is 1.18 bits per heavy atom. The number of hydrogen-bond donors (Lipinski definition) is 2. The van der Waals surface area contributed by atoms with Crippen molar-refractivity contribution in [3.05, 3.63) is 29.8 Å². The smallest absolute Gasteiger partial charge is 0.191 e. The molecule has 1 saturated heterocycles. The lowest BCUT2D eigenvalue weighted by molar-refractivity contribution is 0.0258. The second kappa shape index (κ2) is 14.0. The van der Waals surface area contributed by atoms with Crippen molar-refractivity contribution in [1.29, 1.82) is 0 Å². The third kappa shape index (κ3) is 8.53. The topological polar surface area (TPSA) is 58.1 Å². The molecule has 1 aromatic carbocycles. The van der Waals surface area contributed by atoms with Gasteiger partial charge in [-0.3, -0.25) is 4.99 Å². The number of anilines is 1. The highest BCUT2D eigenvalue weighted by atomic mass is 127. The number of benzene rings is 1. The molecule has 2 rings (SSSR count). The van der Waals surface area contributed by atoms with Crippen molar-refractivity contribution in [2.45, 2.75) is 39.8 Å². The summed E-state index contributed by atoms with van der Waals surface area (Å²) in [6, 6.07) is 8.73. The maximum absolute atomic E-state index is 5.80. The van der Waals surface area contributed by atoms with Gasteiger partial charge in [-0.05, 0) is 37.0 Å². The summed E-state index contributed by atoms with van der Waals surface area (Å²) in [6.07, 6.45) is 1.26. The molecule has 0 aromatic heterocycles. The van der Waals surface area contributed by atoms with Crippen LogP contribution in [0.5, 0.6) is 0 Å². The number of rotatable bonds is 9. The lowest BCUT2D eigenvalue weighted by atomic mass is 10.0. The largest absolute Gasteiger partial charge is 0.378 e. The van der Waals surface area contributed by atoms with Crippen molar-refractivity contribution >= 4 is 35.6 Å². The van der Waals surface area contributed by atoms with Gasteiger partial charge in [0.05, 0.1) is 19.3 Å². The highest BCUT2D eigenvalue weighted by Gasteiger charge is 2.13. The number of morpholine rings is 1. The zero-order chi connectivity index (χ0) is 19.5. The van der Waals surface area contributed by atoms with E-state index in [2.05, 4.69) is 58.6 Å². The number of halogens is 1. The van der Waals surface area contributed by atoms with Gasteiger partial charge in [-0.1, -0.05) is 26.0 Å². The second-order valence-electron chi connectivity index (χ2n) is 7.14. The van der Waals surface area contributed by atoms with Crippen LogP contribution >= 0.6 is 24.0 Å². The summed E-state index contributed by atoms with van der Waals surface area (Å²) in [5, 5.41) is 6.77. The Balaban J connectivity index is 0.00000392. The molecular weight excluding hydrogens is 467 g/mol. The van der Waals surface area contributed by atoms with Crippen LogP contribution in [0.4, 0.5) is 5.69 Å². The van der Waals surface area contributed by atoms with Crippen LogP contribution in [0.2, 0.25) is 0 Å². The van der Waals surface area contributed by atoms with Gasteiger partial charge in [0.1, 0.15) is 0 Å². The van der Waals surface area contributed by atoms with E-state index in [9.17, 15) is 0 Å². The van der Waals surface area contributed by atoms with E-state index in [0.29, 0.717) is 5.92 Å². The molecular formula is C21H37IN4O2. The Labute approximate surface area is 187 Å². The first-order valence-corrected chi connectivity index (χ1v) is 10.1. The zero-order valence-corrected chi connectivity index (χ0v) is 20.1. The molecule has 1 unspecified atom stereocenters. The molecule has 7 heteroatoms. The first kappa shape index (κ1) is 25.0. The van der Waals surface area contributed by atoms with Crippen molar-refractivity contribution in [2.75, 3.05) is 51.4 Å². The van der Waals surface area contributed by atoms with Crippen LogP contribution in [0, 0.1) is 5.92 Å². The first-order chi connectivity index (χ1) is 13.1. The highest BCUT2D eigenvalue weighted by molar-refractivity contribution is 14.0. The summed E-state index contributed by atoms with van der Waals surface area (Å²) in [6.45, 7) is 12.4. The highest BCUT2D eigenvalue weighted by Crippen LogP contribution is 2.16. The van der Waals surface area contributed by atoms with Gasteiger partial charge in [-0.2, -0.15) is 0 Å². The van der Waals surface area contributed by atoms with Gasteiger partial charge >= 0.3 is 0 Å². The van der Waals surface area contributed by atoms with Gasteiger partial charge in [0.15, 0.2) is 5.96 Å². The molecule has 0 amide bonds. The van der Waals surface area contributed by atoms with Crippen molar-refractivity contribution in [1.82, 2.24) is 10.6 Å². The molecule has 1 fully saturated rings. The Kier molecular flexibility index (Phi) is 12.5. The van der Waals surface area contributed by atoms with E-state index >= 15 is 0 Å². The molecule has 160 valence electrons. The van der Waals surface area contributed by atoms with E-state index in [4.69, 9.17) is 9.47 Å². The summed E-state index contributed by atoms with van der Waals surface area (Å²) in [5.41, 5.74) is 2.50. The van der Waals surface area contributed by atoms with Gasteiger partial charge in [0.2, 0.25) is 0 Å².